The zero-order valence-electron chi connectivity index (χ0n) is 13.0. The Bertz CT molecular complexity index is 818. The Hall–Kier alpha value is -2.14. The first-order valence-corrected chi connectivity index (χ1v) is 8.13. The molecule has 0 aliphatic rings. The number of nitrogens with zero attached hydrogens (tertiary/aromatic N) is 2. The first-order valence-electron chi connectivity index (χ1n) is 7.25. The van der Waals surface area contributed by atoms with Crippen LogP contribution in [0.5, 0.6) is 0 Å². The predicted molar refractivity (Wildman–Crippen MR) is 90.1 cm³/mol. The van der Waals surface area contributed by atoms with Crippen molar-refractivity contribution < 1.29 is 4.79 Å². The van der Waals surface area contributed by atoms with E-state index in [9.17, 15) is 4.79 Å². The molecule has 0 radical (unpaired) electrons. The van der Waals surface area contributed by atoms with E-state index in [-0.39, 0.29) is 5.91 Å². The van der Waals surface area contributed by atoms with E-state index in [0.717, 1.165) is 32.9 Å². The third-order valence-corrected chi connectivity index (χ3v) is 4.67. The largest absolute Gasteiger partial charge is 0.358 e. The van der Waals surface area contributed by atoms with Crippen molar-refractivity contribution in [1.29, 1.82) is 0 Å². The number of hydrogen-bond acceptors (Lipinski definition) is 3. The van der Waals surface area contributed by atoms with Crippen molar-refractivity contribution >= 4 is 28.1 Å². The molecule has 4 nitrogen and oxygen atoms in total. The van der Waals surface area contributed by atoms with E-state index in [1.54, 1.807) is 16.2 Å². The molecule has 0 saturated carbocycles. The second-order valence-corrected chi connectivity index (χ2v) is 6.62. The maximum absolute atomic E-state index is 12.5. The third-order valence-electron chi connectivity index (χ3n) is 3.85. The van der Waals surface area contributed by atoms with Crippen LogP contribution < -0.4 is 0 Å². The summed E-state index contributed by atoms with van der Waals surface area (Å²) in [6.45, 7) is 4.56. The molecule has 0 fully saturated rings. The van der Waals surface area contributed by atoms with Crippen molar-refractivity contribution in [3.8, 4) is 0 Å². The average molecular weight is 313 g/mol. The summed E-state index contributed by atoms with van der Waals surface area (Å²) in [5.74, 6) is 0.110. The molecule has 0 atom stereocenters. The average Bonchev–Trinajstić information content (AvgIpc) is 3.03. The van der Waals surface area contributed by atoms with Gasteiger partial charge in [-0.05, 0) is 25.5 Å². The number of carbonyl (C=O) groups excluding carboxylic acids is 1. The van der Waals surface area contributed by atoms with Gasteiger partial charge in [-0.1, -0.05) is 18.2 Å². The normalized spacial score (nSPS) is 11.0. The maximum atomic E-state index is 12.5. The molecule has 0 aliphatic carbocycles. The molecule has 22 heavy (non-hydrogen) atoms. The molecule has 3 aromatic rings. The summed E-state index contributed by atoms with van der Waals surface area (Å²) in [5.41, 5.74) is 4.18. The van der Waals surface area contributed by atoms with Gasteiger partial charge in [0, 0.05) is 29.0 Å². The van der Waals surface area contributed by atoms with Gasteiger partial charge in [0.15, 0.2) is 0 Å². The number of H-pyrrole nitrogens is 1. The monoisotopic (exact) mass is 313 g/mol. The first kappa shape index (κ1) is 14.8. The summed E-state index contributed by atoms with van der Waals surface area (Å²) >= 11 is 1.61. The summed E-state index contributed by atoms with van der Waals surface area (Å²) < 4.78 is 0. The number of para-hydroxylation sites is 1. The Labute approximate surface area is 133 Å². The van der Waals surface area contributed by atoms with Gasteiger partial charge in [0.1, 0.15) is 0 Å². The second-order valence-electron chi connectivity index (χ2n) is 5.56. The number of aryl methyl sites for hydroxylation is 2. The molecule has 0 bridgehead atoms. The molecule has 1 N–H and O–H groups in total. The van der Waals surface area contributed by atoms with Crippen LogP contribution in [0.4, 0.5) is 0 Å². The lowest BCUT2D eigenvalue weighted by atomic mass is 10.1. The van der Waals surface area contributed by atoms with E-state index in [1.165, 1.54) is 0 Å². The molecule has 1 aromatic carbocycles. The number of rotatable bonds is 4. The zero-order chi connectivity index (χ0) is 15.7. The predicted octanol–water partition coefficient (Wildman–Crippen LogP) is 3.44. The Morgan fingerprint density at radius 1 is 1.32 bits per heavy atom. The number of fused-ring (bicyclic) bond motifs is 1. The zero-order valence-corrected chi connectivity index (χ0v) is 13.8. The fraction of sp³-hybridized carbons (Fsp3) is 0.294. The molecular formula is C17H19N3OS. The Morgan fingerprint density at radius 2 is 2.09 bits per heavy atom. The van der Waals surface area contributed by atoms with Crippen LogP contribution in [0.3, 0.4) is 0 Å². The first-order chi connectivity index (χ1) is 10.5. The number of aromatic nitrogens is 2. The van der Waals surface area contributed by atoms with Gasteiger partial charge in [0.2, 0.25) is 5.91 Å². The van der Waals surface area contributed by atoms with Gasteiger partial charge in [-0.15, -0.1) is 11.3 Å². The highest BCUT2D eigenvalue weighted by Crippen LogP contribution is 2.23. The highest BCUT2D eigenvalue weighted by molar-refractivity contribution is 7.09. The second kappa shape index (κ2) is 5.93. The number of nitrogens with one attached hydrogen (secondary N) is 1. The van der Waals surface area contributed by atoms with Crippen molar-refractivity contribution in [2.45, 2.75) is 26.8 Å². The third kappa shape index (κ3) is 2.90. The minimum absolute atomic E-state index is 0.110. The standard InChI is InChI=1S/C17H19N3OS/c1-11-15(14-6-4-5-7-16(14)18-11)8-17(21)20(3)9-13-10-22-12(2)19-13/h4-7,10,18H,8-9H2,1-3H3. The highest BCUT2D eigenvalue weighted by atomic mass is 32.1. The SMILES string of the molecule is Cc1nc(CN(C)C(=O)Cc2c(C)[nH]c3ccccc23)cs1. The van der Waals surface area contributed by atoms with E-state index >= 15 is 0 Å². The molecule has 0 saturated heterocycles. The summed E-state index contributed by atoms with van der Waals surface area (Å²) in [7, 11) is 1.83. The minimum Gasteiger partial charge on any atom is -0.358 e. The number of aromatic amines is 1. The molecule has 0 unspecified atom stereocenters. The molecule has 2 heterocycles. The van der Waals surface area contributed by atoms with Crippen LogP contribution in [0, 0.1) is 13.8 Å². The van der Waals surface area contributed by atoms with Crippen LogP contribution in [0.2, 0.25) is 0 Å². The van der Waals surface area contributed by atoms with E-state index < -0.39 is 0 Å². The summed E-state index contributed by atoms with van der Waals surface area (Å²) in [4.78, 5) is 22.0. The molecule has 5 heteroatoms. The smallest absolute Gasteiger partial charge is 0.227 e. The maximum Gasteiger partial charge on any atom is 0.227 e. The molecule has 3 rings (SSSR count). The van der Waals surface area contributed by atoms with Crippen LogP contribution in [0.15, 0.2) is 29.6 Å². The van der Waals surface area contributed by atoms with Crippen LogP contribution in [-0.4, -0.2) is 27.8 Å². The minimum atomic E-state index is 0.110. The molecule has 1 amide bonds. The lowest BCUT2D eigenvalue weighted by molar-refractivity contribution is -0.129. The van der Waals surface area contributed by atoms with Crippen molar-refractivity contribution in [3.63, 3.8) is 0 Å². The van der Waals surface area contributed by atoms with Gasteiger partial charge in [-0.3, -0.25) is 4.79 Å². The van der Waals surface area contributed by atoms with Crippen LogP contribution in [0.1, 0.15) is 22.0 Å². The summed E-state index contributed by atoms with van der Waals surface area (Å²) in [6, 6.07) is 8.11. The molecule has 2 aromatic heterocycles. The van der Waals surface area contributed by atoms with Crippen molar-refractivity contribution in [2.75, 3.05) is 7.05 Å². The highest BCUT2D eigenvalue weighted by Gasteiger charge is 2.16. The van der Waals surface area contributed by atoms with Crippen LogP contribution in [-0.2, 0) is 17.8 Å². The van der Waals surface area contributed by atoms with Gasteiger partial charge in [0.05, 0.1) is 23.7 Å². The lowest BCUT2D eigenvalue weighted by Crippen LogP contribution is -2.28. The lowest BCUT2D eigenvalue weighted by Gasteiger charge is -2.16. The number of likely N-dealkylation sites (N-methyl/N-ethyl adjacent to an activating group) is 1. The number of amides is 1. The van der Waals surface area contributed by atoms with Gasteiger partial charge in [-0.25, -0.2) is 4.98 Å². The fourth-order valence-electron chi connectivity index (χ4n) is 2.66. The van der Waals surface area contributed by atoms with E-state index in [0.29, 0.717) is 13.0 Å². The van der Waals surface area contributed by atoms with Crippen LogP contribution >= 0.6 is 11.3 Å². The fourth-order valence-corrected chi connectivity index (χ4v) is 3.26. The van der Waals surface area contributed by atoms with Crippen molar-refractivity contribution in [2.24, 2.45) is 0 Å². The van der Waals surface area contributed by atoms with Gasteiger partial charge in [0.25, 0.3) is 0 Å². The van der Waals surface area contributed by atoms with E-state index in [1.807, 2.05) is 44.5 Å². The molecule has 114 valence electrons. The number of hydrogen-bond donors (Lipinski definition) is 1. The van der Waals surface area contributed by atoms with Gasteiger partial charge >= 0.3 is 0 Å². The van der Waals surface area contributed by atoms with Gasteiger partial charge < -0.3 is 9.88 Å². The summed E-state index contributed by atoms with van der Waals surface area (Å²) in [6.07, 6.45) is 0.412. The Kier molecular flexibility index (Phi) is 3.98. The van der Waals surface area contributed by atoms with Crippen molar-refractivity contribution in [1.82, 2.24) is 14.9 Å². The Balaban J connectivity index is 1.76. The van der Waals surface area contributed by atoms with E-state index in [2.05, 4.69) is 16.0 Å². The number of carbonyl (C=O) groups is 1. The van der Waals surface area contributed by atoms with Crippen molar-refractivity contribution in [3.05, 3.63) is 51.6 Å². The van der Waals surface area contributed by atoms with E-state index in [4.69, 9.17) is 0 Å². The topological polar surface area (TPSA) is 49.0 Å². The summed E-state index contributed by atoms with van der Waals surface area (Å²) in [5, 5.41) is 4.17. The number of benzene rings is 1. The molecule has 0 aliphatic heterocycles. The molecular weight excluding hydrogens is 294 g/mol. The van der Waals surface area contributed by atoms with Crippen LogP contribution in [0.25, 0.3) is 10.9 Å². The van der Waals surface area contributed by atoms with Gasteiger partial charge in [-0.2, -0.15) is 0 Å². The number of thiazole rings is 1. The quantitative estimate of drug-likeness (QED) is 0.802. The molecule has 0 spiro atoms. The Morgan fingerprint density at radius 3 is 2.82 bits per heavy atom.